The molecule has 5 aromatic rings. The molecule has 1 aliphatic rings. The van der Waals surface area contributed by atoms with Crippen LogP contribution in [0.4, 0.5) is 24.8 Å². The third kappa shape index (κ3) is 3.91. The van der Waals surface area contributed by atoms with Gasteiger partial charge in [-0.1, -0.05) is 11.6 Å². The van der Waals surface area contributed by atoms with E-state index in [-0.39, 0.29) is 40.7 Å². The van der Waals surface area contributed by atoms with Crippen molar-refractivity contribution in [2.75, 3.05) is 11.1 Å². The van der Waals surface area contributed by atoms with E-state index in [2.05, 4.69) is 25.3 Å². The number of benzene rings is 2. The molecule has 1 amide bonds. The molecular weight excluding hydrogens is 535 g/mol. The fourth-order valence-corrected chi connectivity index (χ4v) is 4.90. The molecule has 13 heteroatoms. The number of phenolic OH excluding ortho intramolecular Hbond substituents is 1. The summed E-state index contributed by atoms with van der Waals surface area (Å²) in [7, 11) is 0. The van der Waals surface area contributed by atoms with Crippen LogP contribution in [0.3, 0.4) is 0 Å². The van der Waals surface area contributed by atoms with E-state index in [9.17, 15) is 23.1 Å². The van der Waals surface area contributed by atoms with Crippen LogP contribution in [0.15, 0.2) is 48.9 Å². The summed E-state index contributed by atoms with van der Waals surface area (Å²) >= 11 is 5.75. The lowest BCUT2D eigenvalue weighted by Crippen LogP contribution is -2.33. The van der Waals surface area contributed by atoms with Gasteiger partial charge in [-0.2, -0.15) is 0 Å². The molecule has 9 nitrogen and oxygen atoms in total. The van der Waals surface area contributed by atoms with E-state index in [1.807, 2.05) is 0 Å². The minimum Gasteiger partial charge on any atom is -0.506 e. The van der Waals surface area contributed by atoms with Gasteiger partial charge in [-0.15, -0.1) is 0 Å². The van der Waals surface area contributed by atoms with Crippen molar-refractivity contribution in [1.82, 2.24) is 24.3 Å². The highest BCUT2D eigenvalue weighted by Crippen LogP contribution is 2.46. The monoisotopic (exact) mass is 551 g/mol. The Morgan fingerprint density at radius 1 is 1.10 bits per heavy atom. The number of hydrogen-bond acceptors (Lipinski definition) is 7. The van der Waals surface area contributed by atoms with E-state index >= 15 is 0 Å². The Balaban J connectivity index is 1.46. The zero-order chi connectivity index (χ0) is 27.6. The van der Waals surface area contributed by atoms with Crippen molar-refractivity contribution in [3.63, 3.8) is 0 Å². The molecule has 0 bridgehead atoms. The molecule has 196 valence electrons. The summed E-state index contributed by atoms with van der Waals surface area (Å²) < 4.78 is 43.6. The minimum absolute atomic E-state index is 0.0585. The number of nitrogens with two attached hydrogens (primary N) is 1. The Kier molecular flexibility index (Phi) is 5.47. The van der Waals surface area contributed by atoms with Crippen molar-refractivity contribution in [3.05, 3.63) is 93.8 Å². The number of halogens is 4. The number of rotatable bonds is 4. The first-order valence-corrected chi connectivity index (χ1v) is 11.9. The topological polar surface area (TPSA) is 131 Å². The first-order chi connectivity index (χ1) is 18.5. The highest BCUT2D eigenvalue weighted by Gasteiger charge is 2.48. The summed E-state index contributed by atoms with van der Waals surface area (Å²) in [4.78, 5) is 30.9. The van der Waals surface area contributed by atoms with Crippen molar-refractivity contribution in [1.29, 1.82) is 0 Å². The number of imidazole rings is 1. The number of carbonyl (C=O) groups excluding carboxylic acids is 1. The van der Waals surface area contributed by atoms with Gasteiger partial charge in [0.05, 0.1) is 11.3 Å². The van der Waals surface area contributed by atoms with Crippen molar-refractivity contribution >= 4 is 34.8 Å². The minimum atomic E-state index is -1.53. The average Bonchev–Trinajstić information content (AvgIpc) is 3.44. The van der Waals surface area contributed by atoms with Crippen LogP contribution in [0.1, 0.15) is 29.3 Å². The quantitative estimate of drug-likeness (QED) is 0.302. The number of nitrogens with zero attached hydrogens (tertiary/aromatic N) is 5. The molecule has 1 atom stereocenters. The first kappa shape index (κ1) is 24.6. The molecule has 4 N–H and O–H groups in total. The van der Waals surface area contributed by atoms with E-state index in [0.29, 0.717) is 16.9 Å². The standard InChI is InChI=1S/C26H17ClF3N7O2/c1-26(12-7-15(30)20(27)18(38)8-12)19-21(31)34-22(35-23(19)36-25(26)39)17-10-37-3-2-32-24(37)16(33-17)6-11-4-13(28)9-14(29)5-11/h2-5,7-10,38H,6H2,1H3,(H3,31,34,35,36,39)/t26-/m1/s1. The fourth-order valence-electron chi connectivity index (χ4n) is 4.79. The SMILES string of the molecule is C[C@]1(c2cc(O)c(Cl)c(F)c2)C(=O)Nc2nc(-c3cn4ccnc4c(Cc4cc(F)cc(F)c4)n3)nc(N)c21. The lowest BCUT2D eigenvalue weighted by atomic mass is 9.77. The van der Waals surface area contributed by atoms with Crippen molar-refractivity contribution < 1.29 is 23.1 Å². The predicted octanol–water partition coefficient (Wildman–Crippen LogP) is 4.39. The molecule has 0 fully saturated rings. The lowest BCUT2D eigenvalue weighted by molar-refractivity contribution is -0.119. The number of aromatic nitrogens is 5. The summed E-state index contributed by atoms with van der Waals surface area (Å²) in [5, 5.41) is 12.2. The maximum absolute atomic E-state index is 14.3. The van der Waals surface area contributed by atoms with Crippen LogP contribution in [-0.4, -0.2) is 35.4 Å². The van der Waals surface area contributed by atoms with Gasteiger partial charge in [0.1, 0.15) is 51.0 Å². The molecule has 0 saturated heterocycles. The maximum Gasteiger partial charge on any atom is 0.240 e. The Labute approximate surface area is 223 Å². The summed E-state index contributed by atoms with van der Waals surface area (Å²) in [6.07, 6.45) is 4.86. The maximum atomic E-state index is 14.3. The summed E-state index contributed by atoms with van der Waals surface area (Å²) in [5.74, 6) is -3.38. The Hall–Kier alpha value is -4.71. The van der Waals surface area contributed by atoms with E-state index < -0.39 is 39.5 Å². The molecule has 0 spiro atoms. The number of hydrogen-bond donors (Lipinski definition) is 3. The second kappa shape index (κ2) is 8.67. The number of aromatic hydroxyl groups is 1. The molecule has 0 saturated carbocycles. The van der Waals surface area contributed by atoms with Gasteiger partial charge < -0.3 is 20.6 Å². The van der Waals surface area contributed by atoms with Crippen molar-refractivity contribution in [2.24, 2.45) is 0 Å². The second-order valence-electron chi connectivity index (χ2n) is 9.21. The van der Waals surface area contributed by atoms with Crippen molar-refractivity contribution in [2.45, 2.75) is 18.8 Å². The van der Waals surface area contributed by atoms with Gasteiger partial charge in [-0.05, 0) is 42.3 Å². The Morgan fingerprint density at radius 2 is 1.85 bits per heavy atom. The van der Waals surface area contributed by atoms with Gasteiger partial charge in [0.15, 0.2) is 11.5 Å². The van der Waals surface area contributed by atoms with Gasteiger partial charge in [0, 0.05) is 31.1 Å². The van der Waals surface area contributed by atoms with Gasteiger partial charge in [0.25, 0.3) is 0 Å². The normalized spacial score (nSPS) is 16.5. The van der Waals surface area contributed by atoms with Gasteiger partial charge in [-0.3, -0.25) is 4.79 Å². The fraction of sp³-hybridized carbons (Fsp3) is 0.115. The van der Waals surface area contributed by atoms with E-state index in [4.69, 9.17) is 17.3 Å². The molecule has 6 rings (SSSR count). The molecule has 1 aliphatic heterocycles. The number of amides is 1. The highest BCUT2D eigenvalue weighted by molar-refractivity contribution is 6.32. The second-order valence-corrected chi connectivity index (χ2v) is 9.59. The summed E-state index contributed by atoms with van der Waals surface area (Å²) in [6, 6.07) is 5.41. The number of carbonyl (C=O) groups is 1. The van der Waals surface area contributed by atoms with Gasteiger partial charge >= 0.3 is 0 Å². The summed E-state index contributed by atoms with van der Waals surface area (Å²) in [5.41, 5.74) is 6.53. The molecule has 0 radical (unpaired) electrons. The molecule has 3 aromatic heterocycles. The number of fused-ring (bicyclic) bond motifs is 2. The predicted molar refractivity (Wildman–Crippen MR) is 136 cm³/mol. The van der Waals surface area contributed by atoms with Gasteiger partial charge in [0.2, 0.25) is 5.91 Å². The van der Waals surface area contributed by atoms with Crippen LogP contribution in [0.5, 0.6) is 5.75 Å². The smallest absolute Gasteiger partial charge is 0.240 e. The first-order valence-electron chi connectivity index (χ1n) is 11.5. The van der Waals surface area contributed by atoms with Crippen LogP contribution in [0.2, 0.25) is 5.02 Å². The molecular formula is C26H17ClF3N7O2. The Bertz CT molecular complexity index is 1800. The number of nitrogen functional groups attached to an aromatic ring is 1. The van der Waals surface area contributed by atoms with Crippen LogP contribution in [-0.2, 0) is 16.6 Å². The molecule has 2 aromatic carbocycles. The zero-order valence-corrected chi connectivity index (χ0v) is 20.8. The zero-order valence-electron chi connectivity index (χ0n) is 20.0. The third-order valence-corrected chi connectivity index (χ3v) is 7.05. The number of nitrogens with one attached hydrogen (secondary N) is 1. The van der Waals surface area contributed by atoms with Crippen LogP contribution in [0, 0.1) is 17.5 Å². The molecule has 39 heavy (non-hydrogen) atoms. The number of anilines is 2. The molecule has 0 unspecified atom stereocenters. The Morgan fingerprint density at radius 3 is 2.56 bits per heavy atom. The van der Waals surface area contributed by atoms with E-state index in [0.717, 1.165) is 12.1 Å². The molecule has 4 heterocycles. The number of phenols is 1. The van der Waals surface area contributed by atoms with E-state index in [1.165, 1.54) is 25.1 Å². The van der Waals surface area contributed by atoms with Crippen LogP contribution < -0.4 is 11.1 Å². The van der Waals surface area contributed by atoms with Crippen molar-refractivity contribution in [3.8, 4) is 17.3 Å². The highest BCUT2D eigenvalue weighted by atomic mass is 35.5. The van der Waals surface area contributed by atoms with Crippen LogP contribution >= 0.6 is 11.6 Å². The van der Waals surface area contributed by atoms with E-state index in [1.54, 1.807) is 23.0 Å². The largest absolute Gasteiger partial charge is 0.506 e. The van der Waals surface area contributed by atoms with Gasteiger partial charge in [-0.25, -0.2) is 33.1 Å². The summed E-state index contributed by atoms with van der Waals surface area (Å²) in [6.45, 7) is 1.50. The third-order valence-electron chi connectivity index (χ3n) is 6.68. The lowest BCUT2D eigenvalue weighted by Gasteiger charge is -2.24. The van der Waals surface area contributed by atoms with Crippen LogP contribution in [0.25, 0.3) is 17.2 Å². The average molecular weight is 552 g/mol. The molecule has 0 aliphatic carbocycles.